The zero-order valence-electron chi connectivity index (χ0n) is 14.0. The van der Waals surface area contributed by atoms with E-state index in [9.17, 15) is 13.2 Å². The summed E-state index contributed by atoms with van der Waals surface area (Å²) in [5, 5.41) is 5.16. The van der Waals surface area contributed by atoms with E-state index in [1.54, 1.807) is 12.1 Å². The molecule has 136 valence electrons. The van der Waals surface area contributed by atoms with Crippen LogP contribution in [0.1, 0.15) is 12.0 Å². The number of ether oxygens (including phenoxy) is 1. The molecule has 1 heterocycles. The molecule has 0 bridgehead atoms. The summed E-state index contributed by atoms with van der Waals surface area (Å²) in [5.41, 5.74) is 3.17. The Morgan fingerprint density at radius 2 is 1.88 bits per heavy atom. The van der Waals surface area contributed by atoms with Crippen LogP contribution in [0.2, 0.25) is 0 Å². The van der Waals surface area contributed by atoms with Crippen LogP contribution in [-0.2, 0) is 19.6 Å². The van der Waals surface area contributed by atoms with Crippen molar-refractivity contribution in [2.75, 3.05) is 18.6 Å². The maximum atomic E-state index is 12.0. The summed E-state index contributed by atoms with van der Waals surface area (Å²) in [7, 11) is -2.38. The van der Waals surface area contributed by atoms with Gasteiger partial charge in [0.1, 0.15) is 0 Å². The number of hydrogen-bond acceptors (Lipinski definition) is 5. The number of carbonyl (C=O) groups is 1. The fraction of sp³-hybridized carbons (Fsp3) is 0.167. The Balaban J connectivity index is 2.05. The summed E-state index contributed by atoms with van der Waals surface area (Å²) < 4.78 is 28.7. The lowest BCUT2D eigenvalue weighted by Crippen LogP contribution is -2.20. The predicted molar refractivity (Wildman–Crippen MR) is 104 cm³/mol. The van der Waals surface area contributed by atoms with Gasteiger partial charge in [0.2, 0.25) is 10.0 Å². The van der Waals surface area contributed by atoms with Crippen molar-refractivity contribution in [2.24, 2.45) is 5.14 Å². The largest absolute Gasteiger partial charge is 0.466 e. The minimum atomic E-state index is -3.74. The number of halogens is 1. The van der Waals surface area contributed by atoms with E-state index in [-0.39, 0.29) is 10.9 Å². The van der Waals surface area contributed by atoms with Gasteiger partial charge in [0.25, 0.3) is 0 Å². The van der Waals surface area contributed by atoms with Crippen LogP contribution >= 0.6 is 15.9 Å². The molecule has 6 nitrogen and oxygen atoms in total. The standard InChI is InChI=1S/C18H17BrN2O4S/c1-25-18(22)12-8-9-21(17-7-2-14(19)11-13(17)10-12)15-3-5-16(6-4-15)26(20,23)24/h2-7,10-11H,8-9H2,1H3,(H2,20,23,24). The predicted octanol–water partition coefficient (Wildman–Crippen LogP) is 3.19. The minimum Gasteiger partial charge on any atom is -0.466 e. The molecule has 3 rings (SSSR count). The van der Waals surface area contributed by atoms with Crippen molar-refractivity contribution >= 4 is 49.4 Å². The third-order valence-electron chi connectivity index (χ3n) is 4.14. The molecular formula is C18H17BrN2O4S. The third kappa shape index (κ3) is 3.82. The molecule has 8 heteroatoms. The number of anilines is 2. The van der Waals surface area contributed by atoms with E-state index in [0.717, 1.165) is 21.4 Å². The van der Waals surface area contributed by atoms with E-state index in [1.165, 1.54) is 19.2 Å². The lowest BCUT2D eigenvalue weighted by molar-refractivity contribution is -0.136. The first kappa shape index (κ1) is 18.6. The highest BCUT2D eigenvalue weighted by Crippen LogP contribution is 2.35. The van der Waals surface area contributed by atoms with Crippen LogP contribution in [0.15, 0.2) is 57.4 Å². The summed E-state index contributed by atoms with van der Waals surface area (Å²) in [5.74, 6) is -0.359. The van der Waals surface area contributed by atoms with Crippen molar-refractivity contribution in [2.45, 2.75) is 11.3 Å². The maximum absolute atomic E-state index is 12.0. The average Bonchev–Trinajstić information content (AvgIpc) is 2.79. The molecule has 26 heavy (non-hydrogen) atoms. The first-order chi connectivity index (χ1) is 12.3. The van der Waals surface area contributed by atoms with Gasteiger partial charge in [-0.2, -0.15) is 0 Å². The number of nitrogens with zero attached hydrogens (tertiary/aromatic N) is 1. The molecule has 1 aliphatic heterocycles. The number of esters is 1. The third-order valence-corrected chi connectivity index (χ3v) is 5.56. The number of hydrogen-bond donors (Lipinski definition) is 1. The van der Waals surface area contributed by atoms with Gasteiger partial charge in [-0.05, 0) is 60.5 Å². The van der Waals surface area contributed by atoms with Gasteiger partial charge in [-0.25, -0.2) is 18.4 Å². The van der Waals surface area contributed by atoms with Crippen LogP contribution in [0, 0.1) is 0 Å². The van der Waals surface area contributed by atoms with Crippen LogP contribution in [0.5, 0.6) is 0 Å². The van der Waals surface area contributed by atoms with Crippen LogP contribution in [0.3, 0.4) is 0 Å². The van der Waals surface area contributed by atoms with E-state index in [1.807, 2.05) is 29.2 Å². The molecule has 0 spiro atoms. The lowest BCUT2D eigenvalue weighted by atomic mass is 10.1. The van der Waals surface area contributed by atoms with Crippen LogP contribution in [0.4, 0.5) is 11.4 Å². The normalized spacial score (nSPS) is 14.3. The second-order valence-corrected chi connectivity index (χ2v) is 8.28. The Morgan fingerprint density at radius 3 is 2.50 bits per heavy atom. The fourth-order valence-electron chi connectivity index (χ4n) is 2.88. The molecule has 0 unspecified atom stereocenters. The Labute approximate surface area is 160 Å². The second-order valence-electron chi connectivity index (χ2n) is 5.80. The fourth-order valence-corrected chi connectivity index (χ4v) is 3.77. The van der Waals surface area contributed by atoms with Crippen LogP contribution in [0.25, 0.3) is 6.08 Å². The van der Waals surface area contributed by atoms with Gasteiger partial charge in [-0.3, -0.25) is 0 Å². The molecule has 0 aromatic heterocycles. The smallest absolute Gasteiger partial charge is 0.333 e. The highest BCUT2D eigenvalue weighted by Gasteiger charge is 2.21. The van der Waals surface area contributed by atoms with Crippen molar-refractivity contribution < 1.29 is 17.9 Å². The van der Waals surface area contributed by atoms with Gasteiger partial charge in [0, 0.05) is 28.0 Å². The van der Waals surface area contributed by atoms with Crippen molar-refractivity contribution in [3.63, 3.8) is 0 Å². The van der Waals surface area contributed by atoms with Gasteiger partial charge in [0.05, 0.1) is 12.0 Å². The average molecular weight is 437 g/mol. The van der Waals surface area contributed by atoms with Gasteiger partial charge in [-0.15, -0.1) is 0 Å². The molecule has 2 aromatic rings. The topological polar surface area (TPSA) is 89.7 Å². The van der Waals surface area contributed by atoms with Crippen molar-refractivity contribution in [1.82, 2.24) is 0 Å². The molecule has 0 amide bonds. The van der Waals surface area contributed by atoms with E-state index in [4.69, 9.17) is 9.88 Å². The molecule has 0 radical (unpaired) electrons. The minimum absolute atomic E-state index is 0.0560. The molecule has 0 aliphatic carbocycles. The highest BCUT2D eigenvalue weighted by atomic mass is 79.9. The Morgan fingerprint density at radius 1 is 1.19 bits per heavy atom. The zero-order chi connectivity index (χ0) is 18.9. The monoisotopic (exact) mass is 436 g/mol. The maximum Gasteiger partial charge on any atom is 0.333 e. The Hall–Kier alpha value is -2.16. The second kappa shape index (κ2) is 7.22. The number of carbonyl (C=O) groups excluding carboxylic acids is 1. The lowest BCUT2D eigenvalue weighted by Gasteiger charge is -2.25. The number of sulfonamides is 1. The summed E-state index contributed by atoms with van der Waals surface area (Å²) in [6.07, 6.45) is 2.32. The van der Waals surface area contributed by atoms with Crippen LogP contribution < -0.4 is 10.0 Å². The zero-order valence-corrected chi connectivity index (χ0v) is 16.4. The first-order valence-corrected chi connectivity index (χ1v) is 10.1. The molecule has 0 atom stereocenters. The van der Waals surface area contributed by atoms with Gasteiger partial charge < -0.3 is 9.64 Å². The number of benzene rings is 2. The van der Waals surface area contributed by atoms with E-state index < -0.39 is 10.0 Å². The number of nitrogens with two attached hydrogens (primary N) is 1. The molecule has 2 N–H and O–H groups in total. The van der Waals surface area contributed by atoms with E-state index in [2.05, 4.69) is 15.9 Å². The molecule has 0 saturated carbocycles. The number of methoxy groups -OCH3 is 1. The number of fused-ring (bicyclic) bond motifs is 1. The van der Waals surface area contributed by atoms with Gasteiger partial charge in [0.15, 0.2) is 0 Å². The van der Waals surface area contributed by atoms with E-state index >= 15 is 0 Å². The van der Waals surface area contributed by atoms with E-state index in [0.29, 0.717) is 18.5 Å². The highest BCUT2D eigenvalue weighted by molar-refractivity contribution is 9.10. The summed E-state index contributed by atoms with van der Waals surface area (Å²) >= 11 is 3.45. The van der Waals surface area contributed by atoms with Gasteiger partial charge in [-0.1, -0.05) is 15.9 Å². The molecule has 0 fully saturated rings. The number of rotatable bonds is 3. The first-order valence-electron chi connectivity index (χ1n) is 7.78. The SMILES string of the molecule is COC(=O)C1=Cc2cc(Br)ccc2N(c2ccc(S(N)(=O)=O)cc2)CC1. The van der Waals surface area contributed by atoms with Crippen molar-refractivity contribution in [3.05, 3.63) is 58.1 Å². The number of primary sulfonamides is 1. The Bertz CT molecular complexity index is 985. The molecule has 1 aliphatic rings. The molecular weight excluding hydrogens is 420 g/mol. The van der Waals surface area contributed by atoms with Crippen molar-refractivity contribution in [1.29, 1.82) is 0 Å². The van der Waals surface area contributed by atoms with Crippen LogP contribution in [-0.4, -0.2) is 28.0 Å². The van der Waals surface area contributed by atoms with Crippen molar-refractivity contribution in [3.8, 4) is 0 Å². The molecule has 2 aromatic carbocycles. The summed E-state index contributed by atoms with van der Waals surface area (Å²) in [6.45, 7) is 0.546. The summed E-state index contributed by atoms with van der Waals surface area (Å²) in [6, 6.07) is 12.1. The quantitative estimate of drug-likeness (QED) is 0.745. The Kier molecular flexibility index (Phi) is 5.17. The summed E-state index contributed by atoms with van der Waals surface area (Å²) in [4.78, 5) is 14.1. The molecule has 0 saturated heterocycles. The van der Waals surface area contributed by atoms with Gasteiger partial charge >= 0.3 is 5.97 Å².